The summed E-state index contributed by atoms with van der Waals surface area (Å²) in [6.45, 7) is 0.707. The molecule has 42 heavy (non-hydrogen) atoms. The van der Waals surface area contributed by atoms with Crippen molar-refractivity contribution in [2.75, 3.05) is 42.7 Å². The number of halogens is 2. The van der Waals surface area contributed by atoms with Gasteiger partial charge in [-0.2, -0.15) is 4.57 Å². The molecule has 0 atom stereocenters. The van der Waals surface area contributed by atoms with Crippen LogP contribution >= 0.6 is 12.4 Å². The summed E-state index contributed by atoms with van der Waals surface area (Å²) >= 11 is 0. The molecule has 0 spiro atoms. The van der Waals surface area contributed by atoms with E-state index in [1.165, 1.54) is 11.3 Å². The molecule has 4 rings (SSSR count). The van der Waals surface area contributed by atoms with Gasteiger partial charge in [0.25, 0.3) is 0 Å². The molecule has 12 heteroatoms. The van der Waals surface area contributed by atoms with Gasteiger partial charge in [0.15, 0.2) is 18.4 Å². The summed E-state index contributed by atoms with van der Waals surface area (Å²) in [5, 5.41) is 1.84. The predicted molar refractivity (Wildman–Crippen MR) is 165 cm³/mol. The average molecular weight is 650 g/mol. The lowest BCUT2D eigenvalue weighted by atomic mass is 10.0. The van der Waals surface area contributed by atoms with Gasteiger partial charge in [0, 0.05) is 83.1 Å². The van der Waals surface area contributed by atoms with Gasteiger partial charge in [-0.1, -0.05) is 48.5 Å². The fourth-order valence-corrected chi connectivity index (χ4v) is 8.43. The summed E-state index contributed by atoms with van der Waals surface area (Å²) in [5.41, 5.74) is 5.76. The molecule has 0 fully saturated rings. The zero-order chi connectivity index (χ0) is 28.6. The van der Waals surface area contributed by atoms with Crippen molar-refractivity contribution >= 4 is 40.4 Å². The van der Waals surface area contributed by atoms with Crippen LogP contribution in [0, 0.1) is 0 Å². The molecule has 0 saturated heterocycles. The molecule has 2 heterocycles. The Balaban J connectivity index is 0.00000308. The van der Waals surface area contributed by atoms with Crippen LogP contribution in [0.3, 0.4) is 0 Å². The summed E-state index contributed by atoms with van der Waals surface area (Å²) < 4.78 is 36.1. The zero-order valence-electron chi connectivity index (χ0n) is 24.7. The summed E-state index contributed by atoms with van der Waals surface area (Å²) in [6.07, 6.45) is 6.52. The minimum absolute atomic E-state index is 0. The van der Waals surface area contributed by atoms with Crippen molar-refractivity contribution in [1.82, 2.24) is 4.98 Å². The first-order valence-corrected chi connectivity index (χ1v) is 16.3. The minimum Gasteiger partial charge on any atom is -1.00 e. The van der Waals surface area contributed by atoms with E-state index in [4.69, 9.17) is 26.6 Å². The minimum atomic E-state index is -2.89. The topological polar surface area (TPSA) is 72.2 Å². The van der Waals surface area contributed by atoms with Gasteiger partial charge in [-0.25, -0.2) is 0 Å². The van der Waals surface area contributed by atoms with Crippen LogP contribution < -0.4 is 27.3 Å². The third kappa shape index (κ3) is 7.72. The van der Waals surface area contributed by atoms with E-state index in [9.17, 15) is 0 Å². The smallest absolute Gasteiger partial charge is 0.536 e. The fourth-order valence-electron chi connectivity index (χ4n) is 4.86. The van der Waals surface area contributed by atoms with Crippen LogP contribution in [-0.2, 0) is 39.5 Å². The van der Waals surface area contributed by atoms with E-state index in [0.717, 1.165) is 33.5 Å². The molecule has 0 saturated carbocycles. The van der Waals surface area contributed by atoms with E-state index in [0.29, 0.717) is 6.54 Å². The number of benzene rings is 2. The van der Waals surface area contributed by atoms with Crippen molar-refractivity contribution < 1.29 is 43.5 Å². The number of pyridine rings is 2. The van der Waals surface area contributed by atoms with E-state index >= 15 is 0 Å². The quantitative estimate of drug-likeness (QED) is 0.152. The molecular formula is C30H38Cl2N2O6Si2. The lowest BCUT2D eigenvalue weighted by Crippen LogP contribution is -3.00. The highest BCUT2D eigenvalue weighted by atomic mass is 35.5. The Kier molecular flexibility index (Phi) is 13.9. The Bertz CT molecular complexity index is 1360. The molecule has 0 aliphatic carbocycles. The first-order valence-electron chi connectivity index (χ1n) is 12.9. The van der Waals surface area contributed by atoms with Crippen molar-refractivity contribution in [3.63, 3.8) is 0 Å². The van der Waals surface area contributed by atoms with Gasteiger partial charge in [0.2, 0.25) is 0 Å². The van der Waals surface area contributed by atoms with E-state index in [1.807, 2.05) is 48.8 Å². The zero-order valence-corrected chi connectivity index (χ0v) is 28.3. The van der Waals surface area contributed by atoms with Gasteiger partial charge >= 0.3 is 17.6 Å². The van der Waals surface area contributed by atoms with E-state index in [1.54, 1.807) is 42.7 Å². The molecule has 0 radical (unpaired) electrons. The lowest BCUT2D eigenvalue weighted by molar-refractivity contribution is -0.695. The number of nitrogens with zero attached hydrogens (tertiary/aromatic N) is 2. The molecule has 0 N–H and O–H groups in total. The second-order valence-corrected chi connectivity index (χ2v) is 15.0. The van der Waals surface area contributed by atoms with Crippen LogP contribution in [0.5, 0.6) is 0 Å². The fraction of sp³-hybridized carbons (Fsp3) is 0.267. The maximum atomic E-state index is 5.65. The Labute approximate surface area is 263 Å². The van der Waals surface area contributed by atoms with Crippen LogP contribution in [0.15, 0.2) is 91.4 Å². The lowest BCUT2D eigenvalue weighted by Gasteiger charge is -2.24. The van der Waals surface area contributed by atoms with Crippen molar-refractivity contribution in [3.8, 4) is 11.1 Å². The molecule has 0 amide bonds. The standard InChI is InChI=1S/C30H37N2O6Si2.2ClH/c1-33-39(34-2,35-3)29-11-7-24(8-12-29)21-28-22-27(26-15-18-31-19-16-26)17-20-32(28)23-25-9-13-30(14-10-25)40(36-4,37-5)38-6;;/h7-20,22H,21,23H2,1-6H3;2*1H/q+1;;/p-1. The maximum absolute atomic E-state index is 5.65. The highest BCUT2D eigenvalue weighted by molar-refractivity contribution is 6.75. The highest BCUT2D eigenvalue weighted by Crippen LogP contribution is 2.20. The third-order valence-electron chi connectivity index (χ3n) is 7.10. The Morgan fingerprint density at radius 2 is 1.05 bits per heavy atom. The summed E-state index contributed by atoms with van der Waals surface area (Å²) in [7, 11) is 3.95. The van der Waals surface area contributed by atoms with Gasteiger partial charge < -0.3 is 39.0 Å². The Hall–Kier alpha value is -2.49. The van der Waals surface area contributed by atoms with Crippen LogP contribution in [-0.4, -0.2) is 65.3 Å². The summed E-state index contributed by atoms with van der Waals surface area (Å²) in [4.78, 5) is 4.17. The van der Waals surface area contributed by atoms with E-state index in [2.05, 4.69) is 52.1 Å². The summed E-state index contributed by atoms with van der Waals surface area (Å²) in [5.74, 6) is 0. The van der Waals surface area contributed by atoms with Crippen LogP contribution in [0.1, 0.15) is 16.8 Å². The molecule has 0 aliphatic rings. The average Bonchev–Trinajstić information content (AvgIpc) is 3.02. The number of rotatable bonds is 13. The van der Waals surface area contributed by atoms with Gasteiger partial charge in [-0.15, -0.1) is 12.4 Å². The maximum Gasteiger partial charge on any atom is 0.536 e. The monoisotopic (exact) mass is 648 g/mol. The largest absolute Gasteiger partial charge is 1.00 e. The van der Waals surface area contributed by atoms with Crippen molar-refractivity contribution in [2.24, 2.45) is 0 Å². The highest BCUT2D eigenvalue weighted by Gasteiger charge is 2.41. The first-order chi connectivity index (χ1) is 19.5. The molecule has 8 nitrogen and oxygen atoms in total. The van der Waals surface area contributed by atoms with Crippen molar-refractivity contribution in [3.05, 3.63) is 108 Å². The van der Waals surface area contributed by atoms with Crippen molar-refractivity contribution in [1.29, 1.82) is 0 Å². The van der Waals surface area contributed by atoms with Crippen LogP contribution in [0.2, 0.25) is 0 Å². The van der Waals surface area contributed by atoms with Crippen LogP contribution in [0.4, 0.5) is 0 Å². The SMILES string of the molecule is CO[Si](OC)(OC)c1ccc(Cc2cc(-c3ccncc3)cc[n+]2Cc2ccc([Si](OC)(OC)OC)cc2)cc1.Cl.[Cl-]. The van der Waals surface area contributed by atoms with Gasteiger partial charge in [-0.3, -0.25) is 4.98 Å². The Morgan fingerprint density at radius 1 is 0.595 bits per heavy atom. The molecule has 0 aliphatic heterocycles. The number of hydrogen-bond donors (Lipinski definition) is 0. The second kappa shape index (κ2) is 16.4. The van der Waals surface area contributed by atoms with E-state index in [-0.39, 0.29) is 24.8 Å². The number of hydrogen-bond acceptors (Lipinski definition) is 7. The molecule has 0 unspecified atom stereocenters. The normalized spacial score (nSPS) is 11.5. The van der Waals surface area contributed by atoms with E-state index < -0.39 is 17.6 Å². The predicted octanol–water partition coefficient (Wildman–Crippen LogP) is 0.271. The summed E-state index contributed by atoms with van der Waals surface area (Å²) in [6, 6.07) is 25.0. The number of aromatic nitrogens is 2. The van der Waals surface area contributed by atoms with Crippen molar-refractivity contribution in [2.45, 2.75) is 13.0 Å². The molecule has 0 bridgehead atoms. The van der Waals surface area contributed by atoms with Crippen LogP contribution in [0.25, 0.3) is 11.1 Å². The third-order valence-corrected chi connectivity index (χ3v) is 12.4. The first kappa shape index (κ1) is 35.7. The molecular weight excluding hydrogens is 611 g/mol. The molecule has 4 aromatic rings. The molecule has 226 valence electrons. The Morgan fingerprint density at radius 3 is 1.50 bits per heavy atom. The van der Waals surface area contributed by atoms with Gasteiger partial charge in [0.1, 0.15) is 0 Å². The molecule has 2 aromatic heterocycles. The van der Waals surface area contributed by atoms with Gasteiger partial charge in [0.05, 0.1) is 6.42 Å². The van der Waals surface area contributed by atoms with Gasteiger partial charge in [-0.05, 0) is 28.8 Å². The second-order valence-electron chi connectivity index (χ2n) is 9.18. The molecule has 2 aromatic carbocycles.